The molecule has 0 saturated carbocycles. The van der Waals surface area contributed by atoms with Crippen LogP contribution in [0.25, 0.3) is 11.4 Å². The van der Waals surface area contributed by atoms with E-state index in [1.807, 2.05) is 37.3 Å². The second-order valence-electron chi connectivity index (χ2n) is 12.8. The Balaban J connectivity index is 0.931. The summed E-state index contributed by atoms with van der Waals surface area (Å²) in [6.07, 6.45) is 1.52. The minimum absolute atomic E-state index is 0.0517. The van der Waals surface area contributed by atoms with Crippen LogP contribution in [-0.2, 0) is 14.3 Å². The second-order valence-corrected chi connectivity index (χ2v) is 12.8. The number of nitrogens with zero attached hydrogens (tertiary/aromatic N) is 6. The van der Waals surface area contributed by atoms with E-state index >= 15 is 4.39 Å². The van der Waals surface area contributed by atoms with Crippen LogP contribution < -0.4 is 20.3 Å². The van der Waals surface area contributed by atoms with E-state index < -0.39 is 18.3 Å². The number of aryl methyl sites for hydroxylation is 1. The lowest BCUT2D eigenvalue weighted by Gasteiger charge is -2.43. The van der Waals surface area contributed by atoms with E-state index in [9.17, 15) is 9.59 Å². The third kappa shape index (κ3) is 7.15. The normalized spacial score (nSPS) is 24.0. The Morgan fingerprint density at radius 3 is 2.55 bits per heavy atom. The minimum Gasteiger partial charge on any atom is -0.487 e. The van der Waals surface area contributed by atoms with Gasteiger partial charge < -0.3 is 29.9 Å². The van der Waals surface area contributed by atoms with E-state index in [1.165, 1.54) is 16.9 Å². The van der Waals surface area contributed by atoms with Crippen molar-refractivity contribution >= 4 is 29.1 Å². The minimum atomic E-state index is -1.34. The number of hydrogen-bond donors (Lipinski definition) is 2. The smallest absolute Gasteiger partial charge is 0.245 e. The number of ether oxygens (including phenoxy) is 2. The highest BCUT2D eigenvalue weighted by Gasteiger charge is 2.37. The second kappa shape index (κ2) is 13.8. The molecular weight excluding hydrogens is 603 g/mol. The zero-order chi connectivity index (χ0) is 32.3. The Labute approximate surface area is 273 Å². The van der Waals surface area contributed by atoms with Crippen LogP contribution in [-0.4, -0.2) is 113 Å². The summed E-state index contributed by atoms with van der Waals surface area (Å²) in [6, 6.07) is 13.9. The number of alkyl halides is 1. The van der Waals surface area contributed by atoms with Crippen LogP contribution in [0.3, 0.4) is 0 Å². The monoisotopic (exact) mass is 644 g/mol. The molecule has 47 heavy (non-hydrogen) atoms. The summed E-state index contributed by atoms with van der Waals surface area (Å²) < 4.78 is 26.7. The first-order valence-electron chi connectivity index (χ1n) is 16.5. The molecule has 7 rings (SSSR count). The summed E-state index contributed by atoms with van der Waals surface area (Å²) in [5, 5.41) is 6.02. The standard InChI is InChI=1S/C34H41FN8O4/c1-22-17-23(5-10-29(22)47-30-11-12-43(18-27(30)35)33(45)28-3-2-4-31(44)39-28)32-36-21-37-34(40-32)38-24-6-8-25(9-7-24)41-13-15-42(16-14-41)26-19-46-20-26/h5-10,17,21,26-28,30H,2-4,11-16,18-20H2,1H3,(H,39,44)(H,36,37,38,40)/t27-,28?,30+/m1/s1. The van der Waals surface area contributed by atoms with Gasteiger partial charge in [-0.2, -0.15) is 4.98 Å². The van der Waals surface area contributed by atoms with E-state index in [0.29, 0.717) is 55.8 Å². The number of likely N-dealkylation sites (tertiary alicyclic amines) is 1. The molecule has 0 aliphatic carbocycles. The molecule has 0 spiro atoms. The van der Waals surface area contributed by atoms with Crippen molar-refractivity contribution in [2.45, 2.75) is 57.0 Å². The number of hydrogen-bond acceptors (Lipinski definition) is 10. The number of nitrogens with one attached hydrogen (secondary N) is 2. The van der Waals surface area contributed by atoms with Gasteiger partial charge in [0.15, 0.2) is 12.0 Å². The van der Waals surface area contributed by atoms with Crippen LogP contribution in [0.5, 0.6) is 5.75 Å². The van der Waals surface area contributed by atoms with Gasteiger partial charge in [0.2, 0.25) is 17.8 Å². The van der Waals surface area contributed by atoms with Gasteiger partial charge in [-0.1, -0.05) is 0 Å². The molecule has 2 amide bonds. The van der Waals surface area contributed by atoms with Crippen molar-refractivity contribution in [3.8, 4) is 17.1 Å². The van der Waals surface area contributed by atoms with Crippen molar-refractivity contribution in [1.82, 2.24) is 30.1 Å². The molecule has 3 aromatic rings. The molecule has 1 aromatic heterocycles. The van der Waals surface area contributed by atoms with E-state index in [0.717, 1.165) is 56.2 Å². The number of halogens is 1. The van der Waals surface area contributed by atoms with E-state index in [-0.39, 0.29) is 18.4 Å². The van der Waals surface area contributed by atoms with E-state index in [2.05, 4.69) is 47.5 Å². The Hall–Kier alpha value is -4.36. The number of carbonyl (C=O) groups excluding carboxylic acids is 2. The first-order valence-corrected chi connectivity index (χ1v) is 16.5. The van der Waals surface area contributed by atoms with Crippen molar-refractivity contribution in [1.29, 1.82) is 0 Å². The van der Waals surface area contributed by atoms with Gasteiger partial charge in [0.1, 0.15) is 24.2 Å². The fourth-order valence-electron chi connectivity index (χ4n) is 6.67. The Morgan fingerprint density at radius 2 is 1.85 bits per heavy atom. The molecule has 4 aliphatic heterocycles. The summed E-state index contributed by atoms with van der Waals surface area (Å²) in [5.41, 5.74) is 3.69. The van der Waals surface area contributed by atoms with Gasteiger partial charge in [-0.25, -0.2) is 14.4 Å². The summed E-state index contributed by atoms with van der Waals surface area (Å²) in [4.78, 5) is 44.3. The average molecular weight is 645 g/mol. The van der Waals surface area contributed by atoms with Crippen molar-refractivity contribution < 1.29 is 23.5 Å². The number of piperazine rings is 1. The zero-order valence-electron chi connectivity index (χ0n) is 26.6. The van der Waals surface area contributed by atoms with Crippen molar-refractivity contribution in [2.24, 2.45) is 0 Å². The largest absolute Gasteiger partial charge is 0.487 e. The molecule has 2 aromatic carbocycles. The van der Waals surface area contributed by atoms with Gasteiger partial charge in [-0.15, -0.1) is 0 Å². The van der Waals surface area contributed by atoms with Gasteiger partial charge >= 0.3 is 0 Å². The predicted molar refractivity (Wildman–Crippen MR) is 174 cm³/mol. The zero-order valence-corrected chi connectivity index (χ0v) is 26.6. The van der Waals surface area contributed by atoms with E-state index in [4.69, 9.17) is 9.47 Å². The number of amides is 2. The molecule has 13 heteroatoms. The molecule has 4 aliphatic rings. The van der Waals surface area contributed by atoms with Gasteiger partial charge in [0, 0.05) is 62.5 Å². The molecule has 4 saturated heterocycles. The van der Waals surface area contributed by atoms with Gasteiger partial charge in [-0.3, -0.25) is 14.5 Å². The Kier molecular flexibility index (Phi) is 9.16. The third-order valence-electron chi connectivity index (χ3n) is 9.55. The van der Waals surface area contributed by atoms with Crippen LogP contribution in [0.1, 0.15) is 31.2 Å². The lowest BCUT2D eigenvalue weighted by molar-refractivity contribution is -0.141. The summed E-state index contributed by atoms with van der Waals surface area (Å²) in [7, 11) is 0. The molecule has 2 N–H and O–H groups in total. The Bertz CT molecular complexity index is 1580. The molecule has 12 nitrogen and oxygen atoms in total. The maximum absolute atomic E-state index is 15.2. The topological polar surface area (TPSA) is 125 Å². The molecule has 3 atom stereocenters. The highest BCUT2D eigenvalue weighted by molar-refractivity contribution is 5.88. The number of anilines is 3. The quantitative estimate of drug-likeness (QED) is 0.378. The molecule has 1 unspecified atom stereocenters. The SMILES string of the molecule is Cc1cc(-c2ncnc(Nc3ccc(N4CCN(C5COC5)CC4)cc3)n2)ccc1O[C@H]1CCN(C(=O)C2CCCC(=O)N2)C[C@H]1F. The summed E-state index contributed by atoms with van der Waals surface area (Å²) >= 11 is 0. The Morgan fingerprint density at radius 1 is 1.04 bits per heavy atom. The number of rotatable bonds is 8. The van der Waals surface area contributed by atoms with Crippen LogP contribution >= 0.6 is 0 Å². The van der Waals surface area contributed by atoms with Crippen molar-refractivity contribution in [2.75, 3.05) is 62.7 Å². The first-order chi connectivity index (χ1) is 22.9. The van der Waals surface area contributed by atoms with E-state index in [1.54, 1.807) is 0 Å². The number of benzene rings is 2. The van der Waals surface area contributed by atoms with Gasteiger partial charge in [0.25, 0.3) is 0 Å². The summed E-state index contributed by atoms with van der Waals surface area (Å²) in [5.74, 6) is 1.18. The molecule has 5 heterocycles. The predicted octanol–water partition coefficient (Wildman–Crippen LogP) is 3.10. The van der Waals surface area contributed by atoms with Crippen LogP contribution in [0.2, 0.25) is 0 Å². The van der Waals surface area contributed by atoms with Crippen molar-refractivity contribution in [3.05, 3.63) is 54.4 Å². The fraction of sp³-hybridized carbons (Fsp3) is 0.500. The molecule has 0 radical (unpaired) electrons. The van der Waals surface area contributed by atoms with Crippen LogP contribution in [0, 0.1) is 6.92 Å². The maximum Gasteiger partial charge on any atom is 0.245 e. The molecular formula is C34H41FN8O4. The average Bonchev–Trinajstić information content (AvgIpc) is 3.06. The first kappa shape index (κ1) is 31.3. The number of carbonyl (C=O) groups is 2. The fourth-order valence-corrected chi connectivity index (χ4v) is 6.67. The maximum atomic E-state index is 15.2. The number of piperidine rings is 2. The van der Waals surface area contributed by atoms with Gasteiger partial charge in [0.05, 0.1) is 25.8 Å². The lowest BCUT2D eigenvalue weighted by Crippen LogP contribution is -2.56. The lowest BCUT2D eigenvalue weighted by atomic mass is 10.00. The van der Waals surface area contributed by atoms with Crippen LogP contribution in [0.15, 0.2) is 48.8 Å². The number of aromatic nitrogens is 3. The molecule has 4 fully saturated rings. The third-order valence-corrected chi connectivity index (χ3v) is 9.55. The molecule has 0 bridgehead atoms. The molecule has 248 valence electrons. The van der Waals surface area contributed by atoms with Crippen molar-refractivity contribution in [3.63, 3.8) is 0 Å². The highest BCUT2D eigenvalue weighted by Crippen LogP contribution is 2.29. The highest BCUT2D eigenvalue weighted by atomic mass is 19.1. The summed E-state index contributed by atoms with van der Waals surface area (Å²) in [6.45, 7) is 8.05. The van der Waals surface area contributed by atoms with Gasteiger partial charge in [-0.05, 0) is 67.8 Å². The van der Waals surface area contributed by atoms with Crippen LogP contribution in [0.4, 0.5) is 21.7 Å².